The van der Waals surface area contributed by atoms with Gasteiger partial charge in [0.05, 0.1) is 38.3 Å². The van der Waals surface area contributed by atoms with Gasteiger partial charge in [-0.05, 0) is 60.6 Å². The van der Waals surface area contributed by atoms with Gasteiger partial charge in [-0.15, -0.1) is 8.78 Å². The van der Waals surface area contributed by atoms with Gasteiger partial charge in [0.2, 0.25) is 0 Å². The third kappa shape index (κ3) is 4.48. The minimum atomic E-state index is -4.08. The molecule has 2 N–H and O–H groups in total. The highest BCUT2D eigenvalue weighted by atomic mass is 19.3. The van der Waals surface area contributed by atoms with E-state index in [4.69, 9.17) is 13.7 Å². The van der Waals surface area contributed by atoms with Crippen molar-refractivity contribution in [1.29, 1.82) is 0 Å². The summed E-state index contributed by atoms with van der Waals surface area (Å²) in [6, 6.07) is 0.0716. The molecule has 5 rings (SSSR count). The Hall–Kier alpha value is -3.04. The molecule has 6 nitrogen and oxygen atoms in total. The van der Waals surface area contributed by atoms with E-state index in [0.29, 0.717) is 4.57 Å². The summed E-state index contributed by atoms with van der Waals surface area (Å²) in [5.41, 5.74) is -6.15. The van der Waals surface area contributed by atoms with Crippen molar-refractivity contribution in [2.75, 3.05) is 6.61 Å². The lowest BCUT2D eigenvalue weighted by Crippen LogP contribution is -2.26. The Labute approximate surface area is 226 Å². The van der Waals surface area contributed by atoms with E-state index < -0.39 is 119 Å². The van der Waals surface area contributed by atoms with E-state index in [1.807, 2.05) is 0 Å². The number of rotatable bonds is 9. The number of ketones is 1. The number of aromatic nitrogens is 1. The largest absolute Gasteiger partial charge is 0.586 e. The molecule has 2 aliphatic rings. The second kappa shape index (κ2) is 8.77. The van der Waals surface area contributed by atoms with Crippen molar-refractivity contribution in [2.45, 2.75) is 76.1 Å². The van der Waals surface area contributed by atoms with Crippen molar-refractivity contribution >= 4 is 16.7 Å². The molecule has 0 bridgehead atoms. The van der Waals surface area contributed by atoms with Crippen LogP contribution in [-0.2, 0) is 28.5 Å². The third-order valence-electron chi connectivity index (χ3n) is 6.58. The van der Waals surface area contributed by atoms with Gasteiger partial charge in [-0.25, -0.2) is 4.39 Å². The monoisotopic (exact) mass is 527 g/mol. The first-order chi connectivity index (χ1) is 21.3. The van der Waals surface area contributed by atoms with Crippen molar-refractivity contribution in [1.82, 2.24) is 4.57 Å². The van der Waals surface area contributed by atoms with Gasteiger partial charge >= 0.3 is 6.29 Å². The molecule has 0 saturated heterocycles. The van der Waals surface area contributed by atoms with E-state index in [1.165, 1.54) is 0 Å². The molecule has 1 aliphatic heterocycles. The fraction of sp³-hybridized carbons (Fsp3) is 0.464. The van der Waals surface area contributed by atoms with E-state index in [0.717, 1.165) is 18.2 Å². The maximum Gasteiger partial charge on any atom is 0.586 e. The summed E-state index contributed by atoms with van der Waals surface area (Å²) >= 11 is 0. The van der Waals surface area contributed by atoms with Gasteiger partial charge in [-0.2, -0.15) is 0 Å². The first kappa shape index (κ1) is 16.0. The zero-order chi connectivity index (χ0) is 35.7. The summed E-state index contributed by atoms with van der Waals surface area (Å²) in [5, 5.41) is 19.6. The van der Waals surface area contributed by atoms with Gasteiger partial charge in [0.15, 0.2) is 11.5 Å². The molecule has 9 heteroatoms. The van der Waals surface area contributed by atoms with Gasteiger partial charge in [-0.3, -0.25) is 4.79 Å². The van der Waals surface area contributed by atoms with Crippen LogP contribution in [0.15, 0.2) is 36.3 Å². The molecule has 0 radical (unpaired) electrons. The highest BCUT2D eigenvalue weighted by molar-refractivity contribution is 5.95. The molecule has 1 saturated carbocycles. The highest BCUT2D eigenvalue weighted by Gasteiger charge is 2.52. The molecule has 1 atom stereocenters. The van der Waals surface area contributed by atoms with Crippen LogP contribution in [0.4, 0.5) is 13.2 Å². The lowest BCUT2D eigenvalue weighted by molar-refractivity contribution is -0.286. The van der Waals surface area contributed by atoms with Gasteiger partial charge in [-0.1, -0.05) is 26.8 Å². The van der Waals surface area contributed by atoms with Gasteiger partial charge in [0, 0.05) is 28.4 Å². The molecule has 0 amide bonds. The number of ether oxygens (including phenoxy) is 2. The van der Waals surface area contributed by atoms with Crippen molar-refractivity contribution in [3.05, 3.63) is 59.0 Å². The Kier molecular flexibility index (Phi) is 3.80. The molecule has 2 aromatic carbocycles. The van der Waals surface area contributed by atoms with Crippen LogP contribution in [0.2, 0.25) is 0 Å². The summed E-state index contributed by atoms with van der Waals surface area (Å²) < 4.78 is 138. The lowest BCUT2D eigenvalue weighted by Gasteiger charge is -2.26. The molecule has 1 fully saturated rings. The average Bonchev–Trinajstić information content (AvgIpc) is 3.25. The zero-order valence-electron chi connectivity index (χ0n) is 30.1. The van der Waals surface area contributed by atoms with E-state index >= 15 is 4.39 Å². The summed E-state index contributed by atoms with van der Waals surface area (Å²) in [5.74, 6) is -3.99. The summed E-state index contributed by atoms with van der Waals surface area (Å²) in [4.78, 5) is 14.0. The van der Waals surface area contributed by atoms with Crippen LogP contribution in [0.1, 0.15) is 70.5 Å². The van der Waals surface area contributed by atoms with Crippen LogP contribution in [0.5, 0.6) is 11.5 Å². The van der Waals surface area contributed by atoms with Crippen LogP contribution in [0.3, 0.4) is 0 Å². The number of nitrogens with zero attached hydrogens (tertiary/aromatic N) is 1. The molecular formula is C28H30F3NO5. The first-order valence-electron chi connectivity index (χ1n) is 16.4. The Bertz CT molecular complexity index is 1830. The van der Waals surface area contributed by atoms with Crippen LogP contribution < -0.4 is 9.47 Å². The minimum Gasteiger partial charge on any atom is -0.395 e. The summed E-state index contributed by atoms with van der Waals surface area (Å²) in [6.07, 6.45) is -14.3. The fourth-order valence-corrected chi connectivity index (χ4v) is 4.07. The molecule has 37 heavy (non-hydrogen) atoms. The Balaban J connectivity index is 1.74. The maximum atomic E-state index is 16.2. The first-order valence-corrected chi connectivity index (χ1v) is 11.4. The number of Topliss-reactive ketones (excluding diaryl/α,β-unsaturated/α-hetero) is 1. The van der Waals surface area contributed by atoms with Crippen molar-refractivity contribution in [3.63, 3.8) is 0 Å². The number of aliphatic hydroxyl groups excluding tert-OH is 1. The number of carbonyl (C=O) groups excluding carboxylic acids is 1. The molecule has 3 aromatic rings. The second-order valence-corrected chi connectivity index (χ2v) is 9.46. The Morgan fingerprint density at radius 1 is 1.30 bits per heavy atom. The third-order valence-corrected chi connectivity index (χ3v) is 6.58. The molecule has 0 unspecified atom stereocenters. The number of benzene rings is 2. The number of hydrogen-bond donors (Lipinski definition) is 2. The normalized spacial score (nSPS) is 26.2. The average molecular weight is 528 g/mol. The number of fused-ring (bicyclic) bond motifs is 2. The smallest absolute Gasteiger partial charge is 0.395 e. The number of alkyl halides is 2. The van der Waals surface area contributed by atoms with Crippen LogP contribution in [0.25, 0.3) is 10.9 Å². The standard InChI is InChI=1S/C28H30F3NO5/c1-4-26(2,3)24-10-17-9-16(20(29)13-21(17)32(24)14-19(34)15-33)11-25(35)27(7-8-27)18-5-6-22-23(12-18)37-28(30,31)36-22/h5-6,9-10,12-13,19,33-34H,4,7-8,11,14-15H2,1-3H3/t19-/m0/s1/i7D2,8D2,9D,10D,13D,14D2,19D. The number of aliphatic hydroxyl groups is 2. The molecular weight excluding hydrogens is 487 g/mol. The Morgan fingerprint density at radius 2 is 2.00 bits per heavy atom. The van der Waals surface area contributed by atoms with Gasteiger partial charge < -0.3 is 24.3 Å². The molecule has 1 aliphatic carbocycles. The maximum absolute atomic E-state index is 16.2. The van der Waals surface area contributed by atoms with Crippen LogP contribution >= 0.6 is 0 Å². The minimum absolute atomic E-state index is 0.212. The predicted molar refractivity (Wildman–Crippen MR) is 131 cm³/mol. The van der Waals surface area contributed by atoms with Gasteiger partial charge in [0.1, 0.15) is 11.6 Å². The van der Waals surface area contributed by atoms with Crippen LogP contribution in [0, 0.1) is 5.82 Å². The zero-order valence-corrected chi connectivity index (χ0v) is 20.1. The van der Waals surface area contributed by atoms with E-state index in [9.17, 15) is 23.8 Å². The summed E-state index contributed by atoms with van der Waals surface area (Å²) in [6.45, 7) is 0.0400. The highest BCUT2D eigenvalue weighted by Crippen LogP contribution is 2.52. The SMILES string of the molecule is [2H]c1c(CC(=O)C2(c3ccc4c(c3)OC(F)(F)O4)C([2H])([2H])C2([2H])[2H])c(F)c([2H])c2c1c([2H])c(C(C)(C)CC)n2C([2H])([2H])[C@]([2H])(O)CO. The van der Waals surface area contributed by atoms with E-state index in [1.54, 1.807) is 20.8 Å². The van der Waals surface area contributed by atoms with Crippen molar-refractivity contribution < 1.29 is 51.4 Å². The second-order valence-electron chi connectivity index (χ2n) is 9.46. The fourth-order valence-electron chi connectivity index (χ4n) is 4.07. The number of hydrogen-bond acceptors (Lipinski definition) is 5. The number of halogens is 3. The van der Waals surface area contributed by atoms with Crippen LogP contribution in [-0.4, -0.2) is 39.5 Å². The number of carbonyl (C=O) groups is 1. The molecule has 0 spiro atoms. The lowest BCUT2D eigenvalue weighted by atomic mass is 9.86. The van der Waals surface area contributed by atoms with Gasteiger partial charge in [0.25, 0.3) is 0 Å². The van der Waals surface area contributed by atoms with E-state index in [-0.39, 0.29) is 12.1 Å². The van der Waals surface area contributed by atoms with Crippen molar-refractivity contribution in [2.24, 2.45) is 0 Å². The topological polar surface area (TPSA) is 80.9 Å². The van der Waals surface area contributed by atoms with E-state index in [2.05, 4.69) is 9.47 Å². The van der Waals surface area contributed by atoms with Crippen molar-refractivity contribution in [3.8, 4) is 11.5 Å². The predicted octanol–water partition coefficient (Wildman–Crippen LogP) is 4.99. The Morgan fingerprint density at radius 3 is 2.65 bits per heavy atom. The summed E-state index contributed by atoms with van der Waals surface area (Å²) in [7, 11) is 0. The molecule has 198 valence electrons. The quantitative estimate of drug-likeness (QED) is 0.410. The molecule has 1 aromatic heterocycles. The molecule has 2 heterocycles.